The van der Waals surface area contributed by atoms with Crippen LogP contribution in [-0.2, 0) is 9.53 Å². The summed E-state index contributed by atoms with van der Waals surface area (Å²) < 4.78 is 6.41. The van der Waals surface area contributed by atoms with Crippen molar-refractivity contribution in [2.75, 3.05) is 19.0 Å². The lowest BCUT2D eigenvalue weighted by Crippen LogP contribution is -2.36. The van der Waals surface area contributed by atoms with Crippen molar-refractivity contribution < 1.29 is 9.53 Å². The maximum absolute atomic E-state index is 11.8. The minimum absolute atomic E-state index is 0.239. The number of aromatic nitrogens is 4. The average Bonchev–Trinajstić information content (AvgIpc) is 2.99. The van der Waals surface area contributed by atoms with Crippen LogP contribution >= 0.6 is 0 Å². The Morgan fingerprint density at radius 2 is 2.20 bits per heavy atom. The Labute approximate surface area is 115 Å². The normalized spacial score (nSPS) is 12.1. The number of tetrazole rings is 1. The van der Waals surface area contributed by atoms with Crippen molar-refractivity contribution in [3.63, 3.8) is 0 Å². The molecule has 1 amide bonds. The zero-order valence-corrected chi connectivity index (χ0v) is 11.1. The van der Waals surface area contributed by atoms with E-state index in [0.717, 1.165) is 5.69 Å². The van der Waals surface area contributed by atoms with E-state index in [1.165, 1.54) is 11.0 Å². The van der Waals surface area contributed by atoms with Gasteiger partial charge in [-0.15, -0.1) is 5.10 Å². The number of ether oxygens (including phenoxy) is 1. The lowest BCUT2D eigenvalue weighted by molar-refractivity contribution is -0.117. The lowest BCUT2D eigenvalue weighted by Gasteiger charge is -2.12. The zero-order chi connectivity index (χ0) is 14.4. The predicted molar refractivity (Wildman–Crippen MR) is 72.3 cm³/mol. The van der Waals surface area contributed by atoms with Crippen LogP contribution in [0.1, 0.15) is 6.42 Å². The summed E-state index contributed by atoms with van der Waals surface area (Å²) in [5.74, 6) is -0.239. The van der Waals surface area contributed by atoms with Crippen molar-refractivity contribution in [3.8, 4) is 5.69 Å². The second-order valence-corrected chi connectivity index (χ2v) is 4.18. The maximum atomic E-state index is 11.8. The van der Waals surface area contributed by atoms with Crippen molar-refractivity contribution in [2.24, 2.45) is 5.73 Å². The fourth-order valence-corrected chi connectivity index (χ4v) is 1.59. The number of carbonyl (C=O) groups is 1. The van der Waals surface area contributed by atoms with Crippen LogP contribution in [0.5, 0.6) is 0 Å². The molecule has 20 heavy (non-hydrogen) atoms. The molecular formula is C12H16N6O2. The number of methoxy groups -OCH3 is 1. The third-order valence-electron chi connectivity index (χ3n) is 2.72. The van der Waals surface area contributed by atoms with Gasteiger partial charge in [-0.1, -0.05) is 0 Å². The first-order chi connectivity index (χ1) is 9.70. The van der Waals surface area contributed by atoms with Crippen molar-refractivity contribution >= 4 is 11.6 Å². The van der Waals surface area contributed by atoms with Crippen LogP contribution in [0, 0.1) is 0 Å². The summed E-state index contributed by atoms with van der Waals surface area (Å²) in [6.07, 6.45) is 1.97. The third-order valence-corrected chi connectivity index (χ3v) is 2.72. The molecule has 3 N–H and O–H groups in total. The van der Waals surface area contributed by atoms with E-state index in [4.69, 9.17) is 10.5 Å². The smallest absolute Gasteiger partial charge is 0.241 e. The van der Waals surface area contributed by atoms with Crippen molar-refractivity contribution in [3.05, 3.63) is 30.6 Å². The first-order valence-electron chi connectivity index (χ1n) is 6.09. The number of nitrogens with zero attached hydrogens (tertiary/aromatic N) is 4. The van der Waals surface area contributed by atoms with Gasteiger partial charge < -0.3 is 15.8 Å². The molecule has 0 aliphatic carbocycles. The number of carbonyl (C=O) groups excluding carboxylic acids is 1. The van der Waals surface area contributed by atoms with Crippen LogP contribution in [0.25, 0.3) is 5.69 Å². The molecule has 0 radical (unpaired) electrons. The van der Waals surface area contributed by atoms with E-state index in [0.29, 0.717) is 18.7 Å². The van der Waals surface area contributed by atoms with Crippen LogP contribution in [0.3, 0.4) is 0 Å². The first kappa shape index (κ1) is 14.1. The van der Waals surface area contributed by atoms with Gasteiger partial charge in [-0.2, -0.15) is 0 Å². The summed E-state index contributed by atoms with van der Waals surface area (Å²) in [6.45, 7) is 0.451. The van der Waals surface area contributed by atoms with Crippen LogP contribution < -0.4 is 11.1 Å². The van der Waals surface area contributed by atoms with Crippen molar-refractivity contribution in [1.29, 1.82) is 0 Å². The third kappa shape index (κ3) is 3.59. The zero-order valence-electron chi connectivity index (χ0n) is 11.1. The van der Waals surface area contributed by atoms with E-state index < -0.39 is 6.04 Å². The molecule has 2 aromatic rings. The topological polar surface area (TPSA) is 108 Å². The molecule has 0 spiro atoms. The average molecular weight is 276 g/mol. The van der Waals surface area contributed by atoms with E-state index in [1.807, 2.05) is 0 Å². The first-order valence-corrected chi connectivity index (χ1v) is 6.09. The largest absolute Gasteiger partial charge is 0.385 e. The fraction of sp³-hybridized carbons (Fsp3) is 0.333. The molecule has 8 heteroatoms. The van der Waals surface area contributed by atoms with Gasteiger partial charge in [0.1, 0.15) is 6.33 Å². The van der Waals surface area contributed by atoms with Crippen molar-refractivity contribution in [1.82, 2.24) is 20.2 Å². The second kappa shape index (κ2) is 6.73. The molecule has 0 saturated carbocycles. The SMILES string of the molecule is COCCC(N)C(=O)Nc1ccc(-n2cnnn2)cc1. The van der Waals surface area contributed by atoms with E-state index >= 15 is 0 Å². The van der Waals surface area contributed by atoms with Gasteiger partial charge in [0.2, 0.25) is 5.91 Å². The molecule has 2 rings (SSSR count). The summed E-state index contributed by atoms with van der Waals surface area (Å²) >= 11 is 0. The van der Waals surface area contributed by atoms with E-state index in [1.54, 1.807) is 31.4 Å². The predicted octanol–water partition coefficient (Wildman–Crippen LogP) is -0.0354. The molecule has 0 aliphatic heterocycles. The molecule has 0 aliphatic rings. The molecule has 1 unspecified atom stereocenters. The van der Waals surface area contributed by atoms with Gasteiger partial charge >= 0.3 is 0 Å². The van der Waals surface area contributed by atoms with Crippen molar-refractivity contribution in [2.45, 2.75) is 12.5 Å². The molecule has 1 aromatic heterocycles. The molecule has 1 atom stereocenters. The summed E-state index contributed by atoms with van der Waals surface area (Å²) in [5.41, 5.74) is 7.20. The highest BCUT2D eigenvalue weighted by molar-refractivity contribution is 5.94. The van der Waals surface area contributed by atoms with Gasteiger partial charge in [-0.05, 0) is 41.1 Å². The molecule has 106 valence electrons. The van der Waals surface area contributed by atoms with Gasteiger partial charge in [0.25, 0.3) is 0 Å². The second-order valence-electron chi connectivity index (χ2n) is 4.18. The van der Waals surface area contributed by atoms with E-state index in [2.05, 4.69) is 20.8 Å². The van der Waals surface area contributed by atoms with E-state index in [9.17, 15) is 4.79 Å². The molecule has 8 nitrogen and oxygen atoms in total. The number of nitrogens with two attached hydrogens (primary N) is 1. The highest BCUT2D eigenvalue weighted by Gasteiger charge is 2.13. The fourth-order valence-electron chi connectivity index (χ4n) is 1.59. The number of nitrogens with one attached hydrogen (secondary N) is 1. The Kier molecular flexibility index (Phi) is 4.75. The summed E-state index contributed by atoms with van der Waals surface area (Å²) in [6, 6.07) is 6.53. The Morgan fingerprint density at radius 3 is 2.80 bits per heavy atom. The monoisotopic (exact) mass is 276 g/mol. The number of anilines is 1. The minimum Gasteiger partial charge on any atom is -0.385 e. The number of hydrogen-bond donors (Lipinski definition) is 2. The van der Waals surface area contributed by atoms with Crippen LogP contribution in [0.2, 0.25) is 0 Å². The van der Waals surface area contributed by atoms with Crippen LogP contribution in [-0.4, -0.2) is 45.9 Å². The van der Waals surface area contributed by atoms with Crippen LogP contribution in [0.4, 0.5) is 5.69 Å². The van der Waals surface area contributed by atoms with Crippen LogP contribution in [0.15, 0.2) is 30.6 Å². The molecule has 0 fully saturated rings. The van der Waals surface area contributed by atoms with Gasteiger partial charge in [-0.25, -0.2) is 4.68 Å². The van der Waals surface area contributed by atoms with Gasteiger partial charge in [0.05, 0.1) is 11.7 Å². The Bertz CT molecular complexity index is 540. The summed E-state index contributed by atoms with van der Waals surface area (Å²) in [5, 5.41) is 13.6. The lowest BCUT2D eigenvalue weighted by atomic mass is 10.2. The highest BCUT2D eigenvalue weighted by Crippen LogP contribution is 2.12. The molecular weight excluding hydrogens is 260 g/mol. The number of benzene rings is 1. The number of amides is 1. The Balaban J connectivity index is 1.95. The molecule has 1 heterocycles. The summed E-state index contributed by atoms with van der Waals surface area (Å²) in [4.78, 5) is 11.8. The number of rotatable bonds is 6. The molecule has 0 bridgehead atoms. The molecule has 1 aromatic carbocycles. The number of hydrogen-bond acceptors (Lipinski definition) is 6. The van der Waals surface area contributed by atoms with E-state index in [-0.39, 0.29) is 5.91 Å². The Morgan fingerprint density at radius 1 is 1.45 bits per heavy atom. The highest BCUT2D eigenvalue weighted by atomic mass is 16.5. The quantitative estimate of drug-likeness (QED) is 0.766. The summed E-state index contributed by atoms with van der Waals surface area (Å²) in [7, 11) is 1.57. The molecule has 0 saturated heterocycles. The van der Waals surface area contributed by atoms with Gasteiger partial charge in [-0.3, -0.25) is 4.79 Å². The standard InChI is InChI=1S/C12H16N6O2/c1-20-7-6-11(13)12(19)15-9-2-4-10(5-3-9)18-8-14-16-17-18/h2-5,8,11H,6-7,13H2,1H3,(H,15,19). The van der Waals surface area contributed by atoms with Gasteiger partial charge in [0.15, 0.2) is 0 Å². The van der Waals surface area contributed by atoms with Gasteiger partial charge in [0, 0.05) is 19.4 Å². The minimum atomic E-state index is -0.589. The maximum Gasteiger partial charge on any atom is 0.241 e. The Hall–Kier alpha value is -2.32.